The highest BCUT2D eigenvalue weighted by Gasteiger charge is 2.08. The topological polar surface area (TPSA) is 113 Å². The Morgan fingerprint density at radius 3 is 2.52 bits per heavy atom. The van der Waals surface area contributed by atoms with Crippen molar-refractivity contribution in [2.45, 2.75) is 6.92 Å². The summed E-state index contributed by atoms with van der Waals surface area (Å²) in [5.41, 5.74) is 7.11. The van der Waals surface area contributed by atoms with Gasteiger partial charge in [-0.2, -0.15) is 0 Å². The van der Waals surface area contributed by atoms with Gasteiger partial charge in [0.05, 0.1) is 7.11 Å². The molecule has 2 aromatic heterocycles. The van der Waals surface area contributed by atoms with Crippen LogP contribution < -0.4 is 20.8 Å². The Hall–Kier alpha value is -2.36. The summed E-state index contributed by atoms with van der Waals surface area (Å²) >= 11 is 1.42. The van der Waals surface area contributed by atoms with Crippen molar-refractivity contribution >= 4 is 24.6 Å². The monoisotopic (exact) mass is 367 g/mol. The van der Waals surface area contributed by atoms with E-state index in [4.69, 9.17) is 15.3 Å². The zero-order valence-electron chi connectivity index (χ0n) is 14.9. The second kappa shape index (κ2) is 13.0. The third-order valence-electron chi connectivity index (χ3n) is 2.49. The third-order valence-corrected chi connectivity index (χ3v) is 3.17. The molecule has 0 spiro atoms. The number of carbonyl (C=O) groups is 1. The second-order valence-electron chi connectivity index (χ2n) is 4.64. The Bertz CT molecular complexity index is 679. The Balaban J connectivity index is 0.00000104. The number of nitrogens with zero attached hydrogens (tertiary/aromatic N) is 2. The van der Waals surface area contributed by atoms with Gasteiger partial charge in [0, 0.05) is 36.2 Å². The lowest BCUT2D eigenvalue weighted by Crippen LogP contribution is -2.06. The number of nitrogens with one attached hydrogen (secondary N) is 2. The van der Waals surface area contributed by atoms with E-state index in [1.165, 1.54) is 18.2 Å². The molecule has 0 aromatic carbocycles. The summed E-state index contributed by atoms with van der Waals surface area (Å²) in [6.07, 6.45) is 3.29. The predicted octanol–water partition coefficient (Wildman–Crippen LogP) is 1.76. The number of aromatic nitrogens is 2. The number of rotatable bonds is 5. The summed E-state index contributed by atoms with van der Waals surface area (Å²) in [5.74, 6) is 0.507. The highest BCUT2D eigenvalue weighted by molar-refractivity contribution is 7.98. The number of pyridine rings is 2. The van der Waals surface area contributed by atoms with Gasteiger partial charge >= 0.3 is 0 Å². The number of hydrogen-bond acceptors (Lipinski definition) is 8. The lowest BCUT2D eigenvalue weighted by molar-refractivity contribution is -0.0979. The Morgan fingerprint density at radius 1 is 1.36 bits per heavy atom. The number of H-pyrrole nitrogens is 1. The van der Waals surface area contributed by atoms with Crippen molar-refractivity contribution in [1.82, 2.24) is 14.3 Å². The molecule has 138 valence electrons. The Labute approximate surface area is 152 Å². The maximum Gasteiger partial charge on any atom is 0.248 e. The number of nitrogens with two attached hydrogens (primary N) is 1. The molecule has 0 fully saturated rings. The molecule has 0 atom stereocenters. The number of aromatic amines is 1. The summed E-state index contributed by atoms with van der Waals surface area (Å²) in [6.45, 7) is 4.65. The molecule has 2 heterocycles. The highest BCUT2D eigenvalue weighted by Crippen LogP contribution is 2.29. The maximum atomic E-state index is 11.4. The van der Waals surface area contributed by atoms with E-state index in [0.717, 1.165) is 23.4 Å². The molecular formula is C16H25N5O3S. The molecule has 9 heteroatoms. The SMILES string of the molecule is C=O.CCN.COc1ncc(-c2cc[nH]c(=O)c2)cc1NSN(C)C. The smallest absolute Gasteiger partial charge is 0.248 e. The van der Waals surface area contributed by atoms with Crippen molar-refractivity contribution < 1.29 is 9.53 Å². The highest BCUT2D eigenvalue weighted by atomic mass is 32.2. The van der Waals surface area contributed by atoms with E-state index in [1.807, 2.05) is 44.2 Å². The van der Waals surface area contributed by atoms with Crippen LogP contribution in [0.15, 0.2) is 35.4 Å². The Morgan fingerprint density at radius 2 is 2.00 bits per heavy atom. The van der Waals surface area contributed by atoms with Gasteiger partial charge in [-0.05, 0) is 38.3 Å². The molecule has 0 unspecified atom stereocenters. The van der Waals surface area contributed by atoms with Gasteiger partial charge in [-0.3, -0.25) is 4.79 Å². The van der Waals surface area contributed by atoms with Gasteiger partial charge in [0.15, 0.2) is 0 Å². The van der Waals surface area contributed by atoms with Crippen LogP contribution in [0.1, 0.15) is 6.92 Å². The van der Waals surface area contributed by atoms with Gasteiger partial charge in [0.25, 0.3) is 0 Å². The van der Waals surface area contributed by atoms with Gasteiger partial charge in [0.1, 0.15) is 12.5 Å². The average Bonchev–Trinajstić information content (AvgIpc) is 2.62. The molecule has 0 aliphatic carbocycles. The van der Waals surface area contributed by atoms with Crippen molar-refractivity contribution in [3.05, 3.63) is 40.9 Å². The molecule has 0 aliphatic heterocycles. The first kappa shape index (κ1) is 22.6. The molecule has 8 nitrogen and oxygen atoms in total. The van der Waals surface area contributed by atoms with Crippen LogP contribution in [0.4, 0.5) is 5.69 Å². The first-order valence-electron chi connectivity index (χ1n) is 7.34. The molecule has 0 aliphatic rings. The normalized spacial score (nSPS) is 9.36. The van der Waals surface area contributed by atoms with E-state index in [0.29, 0.717) is 5.88 Å². The number of hydrogen-bond donors (Lipinski definition) is 3. The van der Waals surface area contributed by atoms with Gasteiger partial charge in [-0.15, -0.1) is 0 Å². The molecule has 0 amide bonds. The van der Waals surface area contributed by atoms with E-state index < -0.39 is 0 Å². The van der Waals surface area contributed by atoms with Crippen LogP contribution in [0.3, 0.4) is 0 Å². The fourth-order valence-electron chi connectivity index (χ4n) is 1.61. The van der Waals surface area contributed by atoms with Crippen molar-refractivity contribution in [3.8, 4) is 17.0 Å². The van der Waals surface area contributed by atoms with E-state index in [1.54, 1.807) is 19.5 Å². The van der Waals surface area contributed by atoms with Crippen LogP contribution in [0, 0.1) is 0 Å². The molecule has 2 rings (SSSR count). The lowest BCUT2D eigenvalue weighted by Gasteiger charge is -2.13. The summed E-state index contributed by atoms with van der Waals surface area (Å²) in [7, 11) is 5.43. The minimum Gasteiger partial charge on any atom is -0.480 e. The van der Waals surface area contributed by atoms with Gasteiger partial charge in [0.2, 0.25) is 11.4 Å². The standard InChI is InChI=1S/C13H16N4O2S.C2H7N.CH2O/c1-17(2)20-16-11-6-10(8-15-13(11)19-3)9-4-5-14-12(18)7-9;1-2-3;1-2/h4-8,16H,1-3H3,(H,14,18);2-3H2,1H3;1H2. The molecule has 0 bridgehead atoms. The predicted molar refractivity (Wildman–Crippen MR) is 104 cm³/mol. The van der Waals surface area contributed by atoms with E-state index in [9.17, 15) is 4.79 Å². The summed E-state index contributed by atoms with van der Waals surface area (Å²) in [4.78, 5) is 26.2. The summed E-state index contributed by atoms with van der Waals surface area (Å²) in [5, 5.41) is 0. The van der Waals surface area contributed by atoms with Crippen LogP contribution in [0.2, 0.25) is 0 Å². The number of ether oxygens (including phenoxy) is 1. The van der Waals surface area contributed by atoms with Crippen LogP contribution in [-0.4, -0.2) is 48.8 Å². The van der Waals surface area contributed by atoms with Crippen molar-refractivity contribution in [2.75, 3.05) is 32.5 Å². The molecule has 0 radical (unpaired) electrons. The summed E-state index contributed by atoms with van der Waals surface area (Å²) < 4.78 is 10.3. The van der Waals surface area contributed by atoms with Crippen molar-refractivity contribution in [1.29, 1.82) is 0 Å². The second-order valence-corrected chi connectivity index (χ2v) is 5.75. The molecular weight excluding hydrogens is 342 g/mol. The number of anilines is 1. The fourth-order valence-corrected chi connectivity index (χ4v) is 2.04. The molecule has 4 N–H and O–H groups in total. The van der Waals surface area contributed by atoms with Crippen molar-refractivity contribution in [3.63, 3.8) is 0 Å². The lowest BCUT2D eigenvalue weighted by atomic mass is 10.1. The average molecular weight is 367 g/mol. The minimum absolute atomic E-state index is 0.143. The van der Waals surface area contributed by atoms with E-state index in [2.05, 4.69) is 14.7 Å². The first-order chi connectivity index (χ1) is 12.0. The zero-order chi connectivity index (χ0) is 19.2. The van der Waals surface area contributed by atoms with E-state index in [-0.39, 0.29) is 5.56 Å². The van der Waals surface area contributed by atoms with Crippen LogP contribution in [-0.2, 0) is 4.79 Å². The summed E-state index contributed by atoms with van der Waals surface area (Å²) in [6, 6.07) is 5.26. The number of carbonyl (C=O) groups excluding carboxylic acids is 1. The molecule has 25 heavy (non-hydrogen) atoms. The van der Waals surface area contributed by atoms with Gasteiger partial charge in [-0.25, -0.2) is 9.29 Å². The van der Waals surface area contributed by atoms with Crippen LogP contribution in [0.25, 0.3) is 11.1 Å². The van der Waals surface area contributed by atoms with Crippen molar-refractivity contribution in [2.24, 2.45) is 5.73 Å². The molecule has 0 saturated carbocycles. The molecule has 0 saturated heterocycles. The largest absolute Gasteiger partial charge is 0.480 e. The van der Waals surface area contributed by atoms with Crippen LogP contribution >= 0.6 is 12.1 Å². The number of methoxy groups -OCH3 is 1. The van der Waals surface area contributed by atoms with Crippen LogP contribution in [0.5, 0.6) is 5.88 Å². The quantitative estimate of drug-likeness (QED) is 0.685. The third kappa shape index (κ3) is 8.34. The Kier molecular flexibility index (Phi) is 11.8. The molecule has 2 aromatic rings. The minimum atomic E-state index is -0.143. The van der Waals surface area contributed by atoms with E-state index >= 15 is 0 Å². The first-order valence-corrected chi connectivity index (χ1v) is 8.11. The van der Waals surface area contributed by atoms with Gasteiger partial charge in [-0.1, -0.05) is 6.92 Å². The van der Waals surface area contributed by atoms with Gasteiger partial charge < -0.3 is 25.0 Å². The zero-order valence-corrected chi connectivity index (χ0v) is 15.7. The fraction of sp³-hybridized carbons (Fsp3) is 0.312. The maximum absolute atomic E-state index is 11.4.